The van der Waals surface area contributed by atoms with Gasteiger partial charge in [-0.2, -0.15) is 4.39 Å². The van der Waals surface area contributed by atoms with E-state index in [0.29, 0.717) is 23.3 Å². The Kier molecular flexibility index (Phi) is 13.1. The average molecular weight is 613 g/mol. The molecule has 4 rings (SSSR count). The summed E-state index contributed by atoms with van der Waals surface area (Å²) in [5, 5.41) is 0. The Balaban J connectivity index is 1.32. The summed E-state index contributed by atoms with van der Waals surface area (Å²) in [5.41, 5.74) is 1.56. The van der Waals surface area contributed by atoms with Crippen LogP contribution in [0.4, 0.5) is 13.2 Å². The number of carbonyl (C=O) groups excluding carboxylic acids is 1. The molecule has 238 valence electrons. The highest BCUT2D eigenvalue weighted by Gasteiger charge is 2.26. The zero-order valence-electron chi connectivity index (χ0n) is 25.7. The lowest BCUT2D eigenvalue weighted by Crippen LogP contribution is -2.38. The van der Waals surface area contributed by atoms with E-state index in [9.17, 15) is 18.0 Å². The topological polar surface area (TPSA) is 54.0 Å². The standard InChI is InChI=1S/C36H43F3O5/c1-3-5-7-8-9-11-21-41-32-20-19-29(34(38)35(32)39)26-15-13-25(14-16-26)27-17-18-30(31(37)22-27)36(40)44-28-23-42-33(43-24-28)12-10-6-4-2/h13-20,22,28,33H,3-12,21,23-24H2,1-2H3. The molecule has 1 aliphatic rings. The van der Waals surface area contributed by atoms with Crippen molar-refractivity contribution in [2.24, 2.45) is 0 Å². The molecule has 1 saturated heterocycles. The molecule has 1 heterocycles. The minimum atomic E-state index is -1.01. The number of halogens is 3. The van der Waals surface area contributed by atoms with Gasteiger partial charge in [0.2, 0.25) is 5.82 Å². The number of rotatable bonds is 16. The molecule has 0 aliphatic carbocycles. The average Bonchev–Trinajstić information content (AvgIpc) is 3.03. The molecule has 0 amide bonds. The highest BCUT2D eigenvalue weighted by atomic mass is 19.2. The van der Waals surface area contributed by atoms with Crippen LogP contribution in [0.3, 0.4) is 0 Å². The van der Waals surface area contributed by atoms with Crippen molar-refractivity contribution in [2.45, 2.75) is 90.4 Å². The Labute approximate surface area is 258 Å². The molecule has 0 saturated carbocycles. The summed E-state index contributed by atoms with van der Waals surface area (Å²) in [6, 6.07) is 13.8. The maximum absolute atomic E-state index is 15.0. The van der Waals surface area contributed by atoms with E-state index in [1.807, 2.05) is 0 Å². The van der Waals surface area contributed by atoms with Crippen molar-refractivity contribution in [2.75, 3.05) is 19.8 Å². The zero-order valence-corrected chi connectivity index (χ0v) is 25.7. The van der Waals surface area contributed by atoms with E-state index in [1.165, 1.54) is 43.5 Å². The van der Waals surface area contributed by atoms with E-state index in [4.69, 9.17) is 18.9 Å². The lowest BCUT2D eigenvalue weighted by Gasteiger charge is -2.29. The first kappa shape index (κ1) is 33.5. The molecule has 5 nitrogen and oxygen atoms in total. The Morgan fingerprint density at radius 2 is 1.39 bits per heavy atom. The van der Waals surface area contributed by atoms with Gasteiger partial charge in [0.1, 0.15) is 11.9 Å². The summed E-state index contributed by atoms with van der Waals surface area (Å²) in [4.78, 5) is 12.6. The largest absolute Gasteiger partial charge is 0.490 e. The third kappa shape index (κ3) is 9.32. The maximum atomic E-state index is 15.0. The van der Waals surface area contributed by atoms with Crippen LogP contribution in [-0.2, 0) is 14.2 Å². The highest BCUT2D eigenvalue weighted by molar-refractivity contribution is 5.90. The van der Waals surface area contributed by atoms with E-state index < -0.39 is 29.5 Å². The zero-order chi connectivity index (χ0) is 31.3. The van der Waals surface area contributed by atoms with E-state index in [0.717, 1.165) is 44.9 Å². The molecule has 0 spiro atoms. The second-order valence-corrected chi connectivity index (χ2v) is 11.2. The van der Waals surface area contributed by atoms with Gasteiger partial charge in [-0.15, -0.1) is 0 Å². The van der Waals surface area contributed by atoms with Gasteiger partial charge in [0, 0.05) is 5.56 Å². The number of unbranched alkanes of at least 4 members (excludes halogenated alkanes) is 7. The van der Waals surface area contributed by atoms with Crippen molar-refractivity contribution in [3.63, 3.8) is 0 Å². The molecule has 0 bridgehead atoms. The summed E-state index contributed by atoms with van der Waals surface area (Å²) >= 11 is 0. The Hall–Kier alpha value is -3.36. The molecule has 0 N–H and O–H groups in total. The van der Waals surface area contributed by atoms with Gasteiger partial charge >= 0.3 is 5.97 Å². The number of carbonyl (C=O) groups is 1. The van der Waals surface area contributed by atoms with Crippen LogP contribution in [0.25, 0.3) is 22.3 Å². The summed E-state index contributed by atoms with van der Waals surface area (Å²) in [5.74, 6) is -3.60. The lowest BCUT2D eigenvalue weighted by atomic mass is 9.99. The number of hydrogen-bond acceptors (Lipinski definition) is 5. The third-order valence-corrected chi connectivity index (χ3v) is 7.77. The van der Waals surface area contributed by atoms with Gasteiger partial charge in [0.15, 0.2) is 17.9 Å². The van der Waals surface area contributed by atoms with E-state index >= 15 is 0 Å². The molecule has 1 aliphatic heterocycles. The number of ether oxygens (including phenoxy) is 4. The van der Waals surface area contributed by atoms with Crippen molar-refractivity contribution in [3.05, 3.63) is 77.6 Å². The molecule has 0 unspecified atom stereocenters. The second-order valence-electron chi connectivity index (χ2n) is 11.2. The van der Waals surface area contributed by atoms with E-state index in [-0.39, 0.29) is 36.4 Å². The van der Waals surface area contributed by atoms with Gasteiger partial charge in [0.05, 0.1) is 25.4 Å². The van der Waals surface area contributed by atoms with Crippen LogP contribution in [0.5, 0.6) is 5.75 Å². The van der Waals surface area contributed by atoms with Crippen molar-refractivity contribution in [3.8, 4) is 28.0 Å². The first-order valence-electron chi connectivity index (χ1n) is 15.9. The predicted octanol–water partition coefficient (Wildman–Crippen LogP) is 9.66. The van der Waals surface area contributed by atoms with Gasteiger partial charge in [-0.1, -0.05) is 89.1 Å². The van der Waals surface area contributed by atoms with Crippen LogP contribution in [0.15, 0.2) is 54.6 Å². The fourth-order valence-electron chi connectivity index (χ4n) is 5.17. The minimum Gasteiger partial charge on any atom is -0.490 e. The van der Waals surface area contributed by atoms with Gasteiger partial charge in [0.25, 0.3) is 0 Å². The lowest BCUT2D eigenvalue weighted by molar-refractivity contribution is -0.218. The van der Waals surface area contributed by atoms with Crippen LogP contribution in [0, 0.1) is 17.5 Å². The quantitative estimate of drug-likeness (QED) is 0.119. The van der Waals surface area contributed by atoms with Crippen LogP contribution in [0.1, 0.15) is 88.4 Å². The highest BCUT2D eigenvalue weighted by Crippen LogP contribution is 2.32. The monoisotopic (exact) mass is 612 g/mol. The Bertz CT molecular complexity index is 1340. The summed E-state index contributed by atoms with van der Waals surface area (Å²) in [6.07, 6.45) is 9.54. The van der Waals surface area contributed by atoms with Crippen LogP contribution >= 0.6 is 0 Å². The SMILES string of the molecule is CCCCCCCCOc1ccc(-c2ccc(-c3ccc(C(=O)OC4COC(CCCCC)OC4)c(F)c3)cc2)c(F)c1F. The summed E-state index contributed by atoms with van der Waals surface area (Å²) in [6.45, 7) is 5.03. The summed E-state index contributed by atoms with van der Waals surface area (Å²) in [7, 11) is 0. The molecular formula is C36H43F3O5. The van der Waals surface area contributed by atoms with Gasteiger partial charge < -0.3 is 18.9 Å². The third-order valence-electron chi connectivity index (χ3n) is 7.77. The van der Waals surface area contributed by atoms with Crippen molar-refractivity contribution in [1.82, 2.24) is 0 Å². The Morgan fingerprint density at radius 1 is 0.750 bits per heavy atom. The molecule has 3 aromatic rings. The number of esters is 1. The van der Waals surface area contributed by atoms with E-state index in [1.54, 1.807) is 30.3 Å². The van der Waals surface area contributed by atoms with Crippen molar-refractivity contribution >= 4 is 5.97 Å². The molecule has 0 aromatic heterocycles. The van der Waals surface area contributed by atoms with E-state index in [2.05, 4.69) is 13.8 Å². The second kappa shape index (κ2) is 17.2. The van der Waals surface area contributed by atoms with Gasteiger partial charge in [-0.25, -0.2) is 13.6 Å². The smallest absolute Gasteiger partial charge is 0.341 e. The molecule has 44 heavy (non-hydrogen) atoms. The molecule has 1 fully saturated rings. The van der Waals surface area contributed by atoms with Gasteiger partial charge in [-0.3, -0.25) is 0 Å². The normalized spacial score (nSPS) is 16.6. The fraction of sp³-hybridized carbons (Fsp3) is 0.472. The number of hydrogen-bond donors (Lipinski definition) is 0. The first-order valence-corrected chi connectivity index (χ1v) is 15.9. The van der Waals surface area contributed by atoms with Crippen LogP contribution in [0.2, 0.25) is 0 Å². The minimum absolute atomic E-state index is 0.0966. The molecule has 3 aromatic carbocycles. The van der Waals surface area contributed by atoms with Crippen molar-refractivity contribution < 1.29 is 36.9 Å². The summed E-state index contributed by atoms with van der Waals surface area (Å²) < 4.78 is 66.8. The van der Waals surface area contributed by atoms with Gasteiger partial charge in [-0.05, 0) is 60.2 Å². The first-order chi connectivity index (χ1) is 21.4. The molecule has 8 heteroatoms. The maximum Gasteiger partial charge on any atom is 0.341 e. The molecule has 0 radical (unpaired) electrons. The fourth-order valence-corrected chi connectivity index (χ4v) is 5.17. The van der Waals surface area contributed by atoms with Crippen LogP contribution in [-0.4, -0.2) is 38.2 Å². The molecular weight excluding hydrogens is 569 g/mol. The van der Waals surface area contributed by atoms with Crippen molar-refractivity contribution in [1.29, 1.82) is 0 Å². The predicted molar refractivity (Wildman–Crippen MR) is 165 cm³/mol. The molecule has 0 atom stereocenters. The number of benzene rings is 3. The van der Waals surface area contributed by atoms with Crippen LogP contribution < -0.4 is 4.74 Å². The Morgan fingerprint density at radius 3 is 2.09 bits per heavy atom.